The average Bonchev–Trinajstić information content (AvgIpc) is 2.39. The summed E-state index contributed by atoms with van der Waals surface area (Å²) in [5.74, 6) is 0.102. The second kappa shape index (κ2) is 8.39. The summed E-state index contributed by atoms with van der Waals surface area (Å²) in [5, 5.41) is 0. The Balaban J connectivity index is 2.50. The lowest BCUT2D eigenvalue weighted by molar-refractivity contribution is -0.140. The molecule has 0 bridgehead atoms. The standard InChI is InChI=1S/C12H22N2O3S/c1-16-8-6-14(5-4-11(13)18)12(15)10-3-2-7-17-9-10/h10H,2-9H2,1H3,(H2,13,18). The Morgan fingerprint density at radius 1 is 1.56 bits per heavy atom. The van der Waals surface area contributed by atoms with E-state index < -0.39 is 0 Å². The molecule has 1 saturated heterocycles. The van der Waals surface area contributed by atoms with E-state index in [-0.39, 0.29) is 11.8 Å². The molecule has 104 valence electrons. The van der Waals surface area contributed by atoms with E-state index in [1.807, 2.05) is 0 Å². The van der Waals surface area contributed by atoms with Gasteiger partial charge in [-0.15, -0.1) is 0 Å². The molecule has 1 unspecified atom stereocenters. The molecule has 1 fully saturated rings. The lowest BCUT2D eigenvalue weighted by Crippen LogP contribution is -2.42. The van der Waals surface area contributed by atoms with E-state index in [1.54, 1.807) is 12.0 Å². The fourth-order valence-electron chi connectivity index (χ4n) is 1.97. The Kier molecular flexibility index (Phi) is 7.15. The highest BCUT2D eigenvalue weighted by Crippen LogP contribution is 2.16. The van der Waals surface area contributed by atoms with Crippen molar-refractivity contribution in [2.45, 2.75) is 19.3 Å². The number of thiocarbonyl (C=S) groups is 1. The van der Waals surface area contributed by atoms with Crippen molar-refractivity contribution in [2.24, 2.45) is 11.7 Å². The molecule has 5 nitrogen and oxygen atoms in total. The van der Waals surface area contributed by atoms with Gasteiger partial charge in [-0.25, -0.2) is 0 Å². The van der Waals surface area contributed by atoms with Gasteiger partial charge in [0.05, 0.1) is 24.1 Å². The number of carbonyl (C=O) groups is 1. The quantitative estimate of drug-likeness (QED) is 0.687. The van der Waals surface area contributed by atoms with Crippen molar-refractivity contribution in [1.29, 1.82) is 0 Å². The predicted octanol–water partition coefficient (Wildman–Crippen LogP) is 0.564. The zero-order valence-corrected chi connectivity index (χ0v) is 11.7. The summed E-state index contributed by atoms with van der Waals surface area (Å²) in [6.45, 7) is 2.95. The number of hydrogen-bond acceptors (Lipinski definition) is 4. The molecule has 18 heavy (non-hydrogen) atoms. The van der Waals surface area contributed by atoms with Crippen LogP contribution in [0.15, 0.2) is 0 Å². The summed E-state index contributed by atoms with van der Waals surface area (Å²) in [6.07, 6.45) is 2.40. The minimum absolute atomic E-state index is 0.0260. The summed E-state index contributed by atoms with van der Waals surface area (Å²) in [5.41, 5.74) is 5.49. The second-order valence-corrected chi connectivity index (χ2v) is 4.97. The van der Waals surface area contributed by atoms with Gasteiger partial charge in [0.2, 0.25) is 5.91 Å². The van der Waals surface area contributed by atoms with Gasteiger partial charge in [-0.1, -0.05) is 12.2 Å². The van der Waals surface area contributed by atoms with Crippen LogP contribution in [-0.2, 0) is 14.3 Å². The van der Waals surface area contributed by atoms with E-state index in [0.29, 0.717) is 37.7 Å². The van der Waals surface area contributed by atoms with Crippen LogP contribution in [0.5, 0.6) is 0 Å². The molecule has 0 aromatic rings. The van der Waals surface area contributed by atoms with Gasteiger partial charge in [0.25, 0.3) is 0 Å². The first kappa shape index (κ1) is 15.3. The Morgan fingerprint density at radius 2 is 2.33 bits per heavy atom. The van der Waals surface area contributed by atoms with Crippen molar-refractivity contribution in [3.05, 3.63) is 0 Å². The molecular formula is C12H22N2O3S. The highest BCUT2D eigenvalue weighted by Gasteiger charge is 2.26. The van der Waals surface area contributed by atoms with Gasteiger partial charge in [0.1, 0.15) is 0 Å². The Labute approximate surface area is 114 Å². The maximum atomic E-state index is 12.3. The monoisotopic (exact) mass is 274 g/mol. The van der Waals surface area contributed by atoms with Gasteiger partial charge < -0.3 is 20.1 Å². The molecule has 1 aliphatic heterocycles. The maximum absolute atomic E-state index is 12.3. The molecule has 1 amide bonds. The summed E-state index contributed by atoms with van der Waals surface area (Å²) in [4.78, 5) is 14.5. The lowest BCUT2D eigenvalue weighted by atomic mass is 10.0. The third kappa shape index (κ3) is 5.29. The Bertz CT molecular complexity index is 280. The molecule has 1 heterocycles. The smallest absolute Gasteiger partial charge is 0.228 e. The van der Waals surface area contributed by atoms with Gasteiger partial charge in [0, 0.05) is 33.2 Å². The lowest BCUT2D eigenvalue weighted by Gasteiger charge is -2.29. The molecular weight excluding hydrogens is 252 g/mol. The first-order valence-electron chi connectivity index (χ1n) is 6.29. The molecule has 1 atom stereocenters. The molecule has 0 spiro atoms. The van der Waals surface area contributed by atoms with Crippen molar-refractivity contribution in [3.63, 3.8) is 0 Å². The van der Waals surface area contributed by atoms with Crippen LogP contribution < -0.4 is 5.73 Å². The van der Waals surface area contributed by atoms with Crippen LogP contribution in [0.3, 0.4) is 0 Å². The van der Waals surface area contributed by atoms with Gasteiger partial charge in [-0.3, -0.25) is 4.79 Å². The van der Waals surface area contributed by atoms with Crippen LogP contribution in [0, 0.1) is 5.92 Å². The molecule has 0 aromatic heterocycles. The molecule has 0 saturated carbocycles. The van der Waals surface area contributed by atoms with Crippen molar-refractivity contribution in [3.8, 4) is 0 Å². The van der Waals surface area contributed by atoms with Crippen LogP contribution in [-0.4, -0.2) is 55.8 Å². The first-order chi connectivity index (χ1) is 8.65. The fraction of sp³-hybridized carbons (Fsp3) is 0.833. The first-order valence-corrected chi connectivity index (χ1v) is 6.69. The van der Waals surface area contributed by atoms with Crippen LogP contribution in [0.4, 0.5) is 0 Å². The highest BCUT2D eigenvalue weighted by molar-refractivity contribution is 7.80. The van der Waals surface area contributed by atoms with Gasteiger partial charge in [-0.05, 0) is 12.8 Å². The van der Waals surface area contributed by atoms with E-state index in [1.165, 1.54) is 0 Å². The number of carbonyl (C=O) groups excluding carboxylic acids is 1. The molecule has 1 aliphatic rings. The van der Waals surface area contributed by atoms with Crippen molar-refractivity contribution < 1.29 is 14.3 Å². The SMILES string of the molecule is COCCN(CCC(N)=S)C(=O)C1CCCOC1. The minimum atomic E-state index is -0.0260. The summed E-state index contributed by atoms with van der Waals surface area (Å²) >= 11 is 4.85. The van der Waals surface area contributed by atoms with Gasteiger partial charge in [-0.2, -0.15) is 0 Å². The van der Waals surface area contributed by atoms with Crippen LogP contribution >= 0.6 is 12.2 Å². The van der Waals surface area contributed by atoms with E-state index in [0.717, 1.165) is 19.4 Å². The molecule has 0 radical (unpaired) electrons. The zero-order chi connectivity index (χ0) is 13.4. The number of ether oxygens (including phenoxy) is 2. The highest BCUT2D eigenvalue weighted by atomic mass is 32.1. The average molecular weight is 274 g/mol. The normalized spacial score (nSPS) is 19.5. The molecule has 6 heteroatoms. The van der Waals surface area contributed by atoms with Gasteiger partial charge >= 0.3 is 0 Å². The number of hydrogen-bond donors (Lipinski definition) is 1. The summed E-state index contributed by atoms with van der Waals surface area (Å²) in [7, 11) is 1.62. The second-order valence-electron chi connectivity index (χ2n) is 4.45. The molecule has 0 aliphatic carbocycles. The van der Waals surface area contributed by atoms with Crippen LogP contribution in [0.1, 0.15) is 19.3 Å². The number of nitrogens with zero attached hydrogens (tertiary/aromatic N) is 1. The molecule has 2 N–H and O–H groups in total. The largest absolute Gasteiger partial charge is 0.393 e. The number of amides is 1. The minimum Gasteiger partial charge on any atom is -0.393 e. The van der Waals surface area contributed by atoms with E-state index in [9.17, 15) is 4.79 Å². The van der Waals surface area contributed by atoms with Crippen molar-refractivity contribution >= 4 is 23.1 Å². The molecule has 0 aromatic carbocycles. The predicted molar refractivity (Wildman–Crippen MR) is 73.4 cm³/mol. The number of methoxy groups -OCH3 is 1. The number of rotatable bonds is 7. The topological polar surface area (TPSA) is 64.8 Å². The van der Waals surface area contributed by atoms with E-state index >= 15 is 0 Å². The third-order valence-corrected chi connectivity index (χ3v) is 3.22. The zero-order valence-electron chi connectivity index (χ0n) is 10.9. The van der Waals surface area contributed by atoms with Crippen molar-refractivity contribution in [2.75, 3.05) is 40.0 Å². The fourth-order valence-corrected chi connectivity index (χ4v) is 2.06. The van der Waals surface area contributed by atoms with E-state index in [2.05, 4.69) is 0 Å². The molecule has 1 rings (SSSR count). The van der Waals surface area contributed by atoms with Gasteiger partial charge in [0.15, 0.2) is 0 Å². The van der Waals surface area contributed by atoms with E-state index in [4.69, 9.17) is 27.4 Å². The Hall–Kier alpha value is -0.720. The maximum Gasteiger partial charge on any atom is 0.228 e. The van der Waals surface area contributed by atoms with Crippen LogP contribution in [0.2, 0.25) is 0 Å². The van der Waals surface area contributed by atoms with Crippen LogP contribution in [0.25, 0.3) is 0 Å². The third-order valence-electron chi connectivity index (χ3n) is 3.01. The number of nitrogens with two attached hydrogens (primary N) is 1. The van der Waals surface area contributed by atoms with Crippen molar-refractivity contribution in [1.82, 2.24) is 4.90 Å². The Morgan fingerprint density at radius 3 is 2.89 bits per heavy atom. The summed E-state index contributed by atoms with van der Waals surface area (Å²) < 4.78 is 10.4. The summed E-state index contributed by atoms with van der Waals surface area (Å²) in [6, 6.07) is 0.